The molecule has 1 aliphatic rings. The molecule has 1 unspecified atom stereocenters. The van der Waals surface area contributed by atoms with Gasteiger partial charge in [-0.25, -0.2) is 0 Å². The molecular weight excluding hydrogens is 312 g/mol. The van der Waals surface area contributed by atoms with Crippen LogP contribution in [0.15, 0.2) is 48.5 Å². The quantitative estimate of drug-likeness (QED) is 0.915. The smallest absolute Gasteiger partial charge is 0.259 e. The van der Waals surface area contributed by atoms with Crippen LogP contribution in [0.5, 0.6) is 0 Å². The summed E-state index contributed by atoms with van der Waals surface area (Å²) in [6, 6.07) is 14.9. The molecule has 0 spiro atoms. The van der Waals surface area contributed by atoms with E-state index < -0.39 is 6.04 Å². The molecule has 2 aromatic rings. The van der Waals surface area contributed by atoms with Gasteiger partial charge in [-0.1, -0.05) is 51.1 Å². The van der Waals surface area contributed by atoms with Gasteiger partial charge < -0.3 is 5.32 Å². The number of benzene rings is 2. The largest absolute Gasteiger partial charge is 0.357 e. The standard InChI is InChI=1S/C21H24N2O2/c1-21(2,3)16-11-9-14(10-12-16)20(25)23-17-8-6-5-7-15(17)13-18(23)19(24)22-4/h5-12,18H,13H2,1-4H3,(H,22,24). The van der Waals surface area contributed by atoms with E-state index in [2.05, 4.69) is 26.1 Å². The first-order valence-electron chi connectivity index (χ1n) is 8.56. The zero-order valence-corrected chi connectivity index (χ0v) is 15.2. The van der Waals surface area contributed by atoms with Crippen molar-refractivity contribution >= 4 is 17.5 Å². The number of nitrogens with one attached hydrogen (secondary N) is 1. The number of para-hydroxylation sites is 1. The third kappa shape index (κ3) is 3.16. The molecule has 0 saturated heterocycles. The van der Waals surface area contributed by atoms with Crippen molar-refractivity contribution < 1.29 is 9.59 Å². The summed E-state index contributed by atoms with van der Waals surface area (Å²) in [6.45, 7) is 6.42. The summed E-state index contributed by atoms with van der Waals surface area (Å²) in [7, 11) is 1.60. The summed E-state index contributed by atoms with van der Waals surface area (Å²) in [5.74, 6) is -0.283. The molecule has 0 aliphatic carbocycles. The first kappa shape index (κ1) is 17.2. The fourth-order valence-electron chi connectivity index (χ4n) is 3.27. The molecule has 2 aromatic carbocycles. The molecule has 4 heteroatoms. The zero-order chi connectivity index (χ0) is 18.2. The average Bonchev–Trinajstić information content (AvgIpc) is 2.99. The number of nitrogens with zero attached hydrogens (tertiary/aromatic N) is 1. The summed E-state index contributed by atoms with van der Waals surface area (Å²) >= 11 is 0. The van der Waals surface area contributed by atoms with Crippen LogP contribution in [0.3, 0.4) is 0 Å². The van der Waals surface area contributed by atoms with E-state index in [1.165, 1.54) is 5.56 Å². The Bertz CT molecular complexity index is 803. The molecule has 1 heterocycles. The predicted molar refractivity (Wildman–Crippen MR) is 100.0 cm³/mol. The summed E-state index contributed by atoms with van der Waals surface area (Å²) in [5, 5.41) is 2.67. The second-order valence-corrected chi connectivity index (χ2v) is 7.47. The Labute approximate surface area is 148 Å². The van der Waals surface area contributed by atoms with E-state index in [0.29, 0.717) is 12.0 Å². The second-order valence-electron chi connectivity index (χ2n) is 7.47. The Morgan fingerprint density at radius 2 is 1.68 bits per heavy atom. The summed E-state index contributed by atoms with van der Waals surface area (Å²) in [6.07, 6.45) is 0.543. The van der Waals surface area contributed by atoms with Crippen molar-refractivity contribution in [2.45, 2.75) is 38.6 Å². The highest BCUT2D eigenvalue weighted by Gasteiger charge is 2.38. The van der Waals surface area contributed by atoms with Crippen LogP contribution < -0.4 is 10.2 Å². The third-order valence-electron chi connectivity index (χ3n) is 4.74. The molecule has 0 bridgehead atoms. The van der Waals surface area contributed by atoms with Gasteiger partial charge in [-0.2, -0.15) is 0 Å². The molecule has 0 radical (unpaired) electrons. The van der Waals surface area contributed by atoms with Crippen LogP contribution in [-0.4, -0.2) is 24.9 Å². The lowest BCUT2D eigenvalue weighted by Gasteiger charge is -2.25. The number of hydrogen-bond acceptors (Lipinski definition) is 2. The van der Waals surface area contributed by atoms with Crippen molar-refractivity contribution in [1.29, 1.82) is 0 Å². The summed E-state index contributed by atoms with van der Waals surface area (Å²) in [4.78, 5) is 27.1. The van der Waals surface area contributed by atoms with E-state index in [4.69, 9.17) is 0 Å². The van der Waals surface area contributed by atoms with Gasteiger partial charge in [-0.3, -0.25) is 14.5 Å². The number of fused-ring (bicyclic) bond motifs is 1. The van der Waals surface area contributed by atoms with Gasteiger partial charge in [0, 0.05) is 24.7 Å². The topological polar surface area (TPSA) is 49.4 Å². The molecule has 1 aliphatic heterocycles. The van der Waals surface area contributed by atoms with Gasteiger partial charge >= 0.3 is 0 Å². The molecular formula is C21H24N2O2. The maximum atomic E-state index is 13.1. The number of carbonyl (C=O) groups excluding carboxylic acids is 2. The zero-order valence-electron chi connectivity index (χ0n) is 15.2. The van der Waals surface area contributed by atoms with Crippen LogP contribution in [-0.2, 0) is 16.6 Å². The van der Waals surface area contributed by atoms with Crippen LogP contribution in [0.2, 0.25) is 0 Å². The van der Waals surface area contributed by atoms with E-state index in [-0.39, 0.29) is 17.2 Å². The lowest BCUT2D eigenvalue weighted by atomic mass is 9.86. The van der Waals surface area contributed by atoms with E-state index in [1.807, 2.05) is 48.5 Å². The van der Waals surface area contributed by atoms with Crippen LogP contribution in [0.1, 0.15) is 42.3 Å². The van der Waals surface area contributed by atoms with E-state index in [9.17, 15) is 9.59 Å². The Morgan fingerprint density at radius 1 is 1.04 bits per heavy atom. The Kier molecular flexibility index (Phi) is 4.38. The van der Waals surface area contributed by atoms with E-state index in [1.54, 1.807) is 11.9 Å². The Morgan fingerprint density at radius 3 is 2.28 bits per heavy atom. The van der Waals surface area contributed by atoms with Crippen molar-refractivity contribution in [3.63, 3.8) is 0 Å². The van der Waals surface area contributed by atoms with E-state index >= 15 is 0 Å². The predicted octanol–water partition coefficient (Wildman–Crippen LogP) is 3.30. The SMILES string of the molecule is CNC(=O)C1Cc2ccccc2N1C(=O)c1ccc(C(C)(C)C)cc1. The summed E-state index contributed by atoms with van der Waals surface area (Å²) < 4.78 is 0. The molecule has 130 valence electrons. The van der Waals surface area contributed by atoms with Crippen molar-refractivity contribution in [1.82, 2.24) is 5.32 Å². The summed E-state index contributed by atoms with van der Waals surface area (Å²) in [5.41, 5.74) is 3.65. The van der Waals surface area contributed by atoms with Crippen LogP contribution in [0.4, 0.5) is 5.69 Å². The monoisotopic (exact) mass is 336 g/mol. The van der Waals surface area contributed by atoms with Gasteiger partial charge in [-0.05, 0) is 34.7 Å². The Balaban J connectivity index is 1.97. The maximum absolute atomic E-state index is 13.1. The van der Waals surface area contributed by atoms with Gasteiger partial charge in [0.05, 0.1) is 0 Å². The highest BCUT2D eigenvalue weighted by Crippen LogP contribution is 2.33. The first-order valence-corrected chi connectivity index (χ1v) is 8.56. The number of rotatable bonds is 2. The lowest BCUT2D eigenvalue weighted by Crippen LogP contribution is -2.47. The van der Waals surface area contributed by atoms with Gasteiger partial charge in [-0.15, -0.1) is 0 Å². The third-order valence-corrected chi connectivity index (χ3v) is 4.74. The molecule has 25 heavy (non-hydrogen) atoms. The van der Waals surface area contributed by atoms with E-state index in [0.717, 1.165) is 11.3 Å². The molecule has 1 atom stereocenters. The minimum atomic E-state index is -0.503. The minimum absolute atomic E-state index is 0.0342. The molecule has 0 saturated carbocycles. The first-order chi connectivity index (χ1) is 11.8. The molecule has 2 amide bonds. The van der Waals surface area contributed by atoms with Crippen molar-refractivity contribution in [3.05, 3.63) is 65.2 Å². The maximum Gasteiger partial charge on any atom is 0.259 e. The number of amides is 2. The highest BCUT2D eigenvalue weighted by molar-refractivity contribution is 6.11. The van der Waals surface area contributed by atoms with Gasteiger partial charge in [0.2, 0.25) is 5.91 Å². The highest BCUT2D eigenvalue weighted by atomic mass is 16.2. The average molecular weight is 336 g/mol. The molecule has 4 nitrogen and oxygen atoms in total. The molecule has 0 aromatic heterocycles. The molecule has 0 fully saturated rings. The lowest BCUT2D eigenvalue weighted by molar-refractivity contribution is -0.121. The Hall–Kier alpha value is -2.62. The number of likely N-dealkylation sites (N-methyl/N-ethyl adjacent to an activating group) is 1. The fraction of sp³-hybridized carbons (Fsp3) is 0.333. The van der Waals surface area contributed by atoms with Gasteiger partial charge in [0.25, 0.3) is 5.91 Å². The van der Waals surface area contributed by atoms with Crippen molar-refractivity contribution in [3.8, 4) is 0 Å². The molecule has 1 N–H and O–H groups in total. The van der Waals surface area contributed by atoms with Crippen LogP contribution >= 0.6 is 0 Å². The second kappa shape index (κ2) is 6.36. The number of carbonyl (C=O) groups is 2. The van der Waals surface area contributed by atoms with Crippen LogP contribution in [0, 0.1) is 0 Å². The number of anilines is 1. The van der Waals surface area contributed by atoms with Gasteiger partial charge in [0.1, 0.15) is 6.04 Å². The van der Waals surface area contributed by atoms with Crippen molar-refractivity contribution in [2.75, 3.05) is 11.9 Å². The van der Waals surface area contributed by atoms with Crippen LogP contribution in [0.25, 0.3) is 0 Å². The van der Waals surface area contributed by atoms with Gasteiger partial charge in [0.15, 0.2) is 0 Å². The normalized spacial score (nSPS) is 16.5. The van der Waals surface area contributed by atoms with Crippen molar-refractivity contribution in [2.24, 2.45) is 0 Å². The minimum Gasteiger partial charge on any atom is -0.357 e. The number of hydrogen-bond donors (Lipinski definition) is 1. The molecule has 3 rings (SSSR count). The fourth-order valence-corrected chi connectivity index (χ4v) is 3.27.